The monoisotopic (exact) mass is 332 g/mol. The van der Waals surface area contributed by atoms with Gasteiger partial charge in [-0.2, -0.15) is 0 Å². The standard InChI is InChI=1S/C12H10Cl2N2O3S/c1-2-16-11(19)7-3-6(13)4-8(14)10(7)15-12(16)20-5-9(17)18/h3-4H,2,5H2,1H3,(H,17,18). The van der Waals surface area contributed by atoms with Gasteiger partial charge in [0.05, 0.1) is 21.7 Å². The molecule has 0 bridgehead atoms. The van der Waals surface area contributed by atoms with Crippen LogP contribution in [0.3, 0.4) is 0 Å². The van der Waals surface area contributed by atoms with Gasteiger partial charge >= 0.3 is 5.97 Å². The lowest BCUT2D eigenvalue weighted by molar-refractivity contribution is -0.133. The number of hydrogen-bond donors (Lipinski definition) is 1. The molecule has 0 amide bonds. The minimum absolute atomic E-state index is 0.177. The third-order valence-corrected chi connectivity index (χ3v) is 4.05. The van der Waals surface area contributed by atoms with Crippen molar-refractivity contribution < 1.29 is 9.90 Å². The van der Waals surface area contributed by atoms with Gasteiger partial charge in [0, 0.05) is 11.6 Å². The molecule has 0 aliphatic heterocycles. The Balaban J connectivity index is 2.70. The molecule has 2 aromatic rings. The zero-order valence-corrected chi connectivity index (χ0v) is 12.7. The molecular weight excluding hydrogens is 323 g/mol. The Kier molecular flexibility index (Phi) is 4.57. The Hall–Kier alpha value is -1.24. The second-order valence-corrected chi connectivity index (χ2v) is 5.70. The van der Waals surface area contributed by atoms with Gasteiger partial charge in [0.15, 0.2) is 5.16 Å². The molecule has 1 N–H and O–H groups in total. The fourth-order valence-corrected chi connectivity index (χ4v) is 3.06. The summed E-state index contributed by atoms with van der Waals surface area (Å²) in [5.74, 6) is -1.16. The highest BCUT2D eigenvalue weighted by Gasteiger charge is 2.14. The number of hydrogen-bond acceptors (Lipinski definition) is 4. The van der Waals surface area contributed by atoms with Crippen LogP contribution in [-0.2, 0) is 11.3 Å². The minimum Gasteiger partial charge on any atom is -0.481 e. The van der Waals surface area contributed by atoms with Crippen molar-refractivity contribution in [2.75, 3.05) is 5.75 Å². The summed E-state index contributed by atoms with van der Waals surface area (Å²) in [7, 11) is 0. The molecule has 0 fully saturated rings. The Bertz CT molecular complexity index is 746. The fraction of sp³-hybridized carbons (Fsp3) is 0.250. The van der Waals surface area contributed by atoms with Crippen LogP contribution in [0.5, 0.6) is 0 Å². The van der Waals surface area contributed by atoms with Gasteiger partial charge < -0.3 is 5.11 Å². The largest absolute Gasteiger partial charge is 0.481 e. The first kappa shape index (κ1) is 15.2. The highest BCUT2D eigenvalue weighted by atomic mass is 35.5. The molecule has 106 valence electrons. The maximum atomic E-state index is 12.4. The van der Waals surface area contributed by atoms with Gasteiger partial charge in [-0.1, -0.05) is 35.0 Å². The van der Waals surface area contributed by atoms with Gasteiger partial charge in [0.2, 0.25) is 0 Å². The summed E-state index contributed by atoms with van der Waals surface area (Å²) < 4.78 is 1.41. The predicted octanol–water partition coefficient (Wildman–Crippen LogP) is 2.90. The van der Waals surface area contributed by atoms with E-state index < -0.39 is 5.97 Å². The molecule has 1 aromatic heterocycles. The van der Waals surface area contributed by atoms with E-state index in [2.05, 4.69) is 4.98 Å². The second-order valence-electron chi connectivity index (χ2n) is 3.91. The van der Waals surface area contributed by atoms with Crippen molar-refractivity contribution in [3.63, 3.8) is 0 Å². The number of rotatable bonds is 4. The topological polar surface area (TPSA) is 72.2 Å². The molecule has 0 radical (unpaired) electrons. The fourth-order valence-electron chi connectivity index (χ4n) is 1.75. The number of carboxylic acids is 1. The van der Waals surface area contributed by atoms with E-state index in [4.69, 9.17) is 28.3 Å². The van der Waals surface area contributed by atoms with Crippen molar-refractivity contribution in [1.29, 1.82) is 0 Å². The number of carbonyl (C=O) groups is 1. The van der Waals surface area contributed by atoms with Crippen LogP contribution in [0.1, 0.15) is 6.92 Å². The van der Waals surface area contributed by atoms with Gasteiger partial charge in [-0.15, -0.1) is 0 Å². The summed E-state index contributed by atoms with van der Waals surface area (Å²) in [6.45, 7) is 2.17. The van der Waals surface area contributed by atoms with Crippen LogP contribution in [0, 0.1) is 0 Å². The summed E-state index contributed by atoms with van der Waals surface area (Å²) in [6.07, 6.45) is 0. The first-order valence-corrected chi connectivity index (χ1v) is 7.42. The van der Waals surface area contributed by atoms with Gasteiger partial charge in [-0.25, -0.2) is 4.98 Å². The quantitative estimate of drug-likeness (QED) is 0.688. The molecule has 1 aromatic carbocycles. The van der Waals surface area contributed by atoms with E-state index in [9.17, 15) is 9.59 Å². The highest BCUT2D eigenvalue weighted by molar-refractivity contribution is 7.99. The summed E-state index contributed by atoms with van der Waals surface area (Å²) in [5, 5.41) is 10.0. The van der Waals surface area contributed by atoms with E-state index >= 15 is 0 Å². The summed E-state index contributed by atoms with van der Waals surface area (Å²) in [6, 6.07) is 3.01. The normalized spacial score (nSPS) is 10.9. The lowest BCUT2D eigenvalue weighted by Crippen LogP contribution is -2.23. The maximum Gasteiger partial charge on any atom is 0.313 e. The van der Waals surface area contributed by atoms with Crippen molar-refractivity contribution >= 4 is 51.8 Å². The molecule has 20 heavy (non-hydrogen) atoms. The first-order chi connectivity index (χ1) is 9.43. The van der Waals surface area contributed by atoms with Crippen LogP contribution < -0.4 is 5.56 Å². The summed E-state index contributed by atoms with van der Waals surface area (Å²) in [4.78, 5) is 27.3. The molecule has 0 saturated carbocycles. The first-order valence-electron chi connectivity index (χ1n) is 5.68. The Morgan fingerprint density at radius 2 is 2.15 bits per heavy atom. The zero-order valence-electron chi connectivity index (χ0n) is 10.4. The minimum atomic E-state index is -0.978. The van der Waals surface area contributed by atoms with E-state index in [1.54, 1.807) is 6.92 Å². The molecule has 0 aliphatic carbocycles. The van der Waals surface area contributed by atoms with Crippen molar-refractivity contribution in [3.8, 4) is 0 Å². The Morgan fingerprint density at radius 1 is 1.45 bits per heavy atom. The van der Waals surface area contributed by atoms with E-state index in [-0.39, 0.29) is 16.3 Å². The van der Waals surface area contributed by atoms with E-state index in [0.717, 1.165) is 11.8 Å². The number of carboxylic acid groups (broad SMARTS) is 1. The third-order valence-electron chi connectivity index (χ3n) is 2.58. The molecule has 0 atom stereocenters. The molecule has 0 unspecified atom stereocenters. The highest BCUT2D eigenvalue weighted by Crippen LogP contribution is 2.26. The molecule has 2 rings (SSSR count). The van der Waals surface area contributed by atoms with Crippen LogP contribution in [0.25, 0.3) is 10.9 Å². The molecule has 0 spiro atoms. The number of halogens is 2. The number of aromatic nitrogens is 2. The maximum absolute atomic E-state index is 12.4. The zero-order chi connectivity index (χ0) is 14.9. The van der Waals surface area contributed by atoms with Crippen LogP contribution in [-0.4, -0.2) is 26.4 Å². The van der Waals surface area contributed by atoms with Gasteiger partial charge in [0.1, 0.15) is 0 Å². The lowest BCUT2D eigenvalue weighted by Gasteiger charge is -2.11. The lowest BCUT2D eigenvalue weighted by atomic mass is 10.2. The van der Waals surface area contributed by atoms with Crippen LogP contribution in [0.4, 0.5) is 0 Å². The number of fused-ring (bicyclic) bond motifs is 1. The Morgan fingerprint density at radius 3 is 2.75 bits per heavy atom. The number of aliphatic carboxylic acids is 1. The summed E-state index contributed by atoms with van der Waals surface area (Å²) >= 11 is 12.9. The molecule has 0 aliphatic rings. The molecular formula is C12H10Cl2N2O3S. The third kappa shape index (κ3) is 2.92. The van der Waals surface area contributed by atoms with Crippen LogP contribution >= 0.6 is 35.0 Å². The van der Waals surface area contributed by atoms with Gasteiger partial charge in [-0.05, 0) is 19.1 Å². The van der Waals surface area contributed by atoms with Gasteiger partial charge in [0.25, 0.3) is 5.56 Å². The summed E-state index contributed by atoms with van der Waals surface area (Å²) in [5.41, 5.74) is 0.0495. The smallest absolute Gasteiger partial charge is 0.313 e. The average molecular weight is 333 g/mol. The number of nitrogens with zero attached hydrogens (tertiary/aromatic N) is 2. The second kappa shape index (κ2) is 6.03. The number of thioether (sulfide) groups is 1. The molecule has 0 saturated heterocycles. The van der Waals surface area contributed by atoms with E-state index in [0.29, 0.717) is 27.6 Å². The molecule has 5 nitrogen and oxygen atoms in total. The van der Waals surface area contributed by atoms with Crippen molar-refractivity contribution in [1.82, 2.24) is 9.55 Å². The van der Waals surface area contributed by atoms with E-state index in [1.807, 2.05) is 0 Å². The van der Waals surface area contributed by atoms with Crippen molar-refractivity contribution in [2.45, 2.75) is 18.6 Å². The number of benzene rings is 1. The van der Waals surface area contributed by atoms with Crippen LogP contribution in [0.15, 0.2) is 22.1 Å². The molecule has 8 heteroatoms. The molecule has 1 heterocycles. The van der Waals surface area contributed by atoms with Crippen molar-refractivity contribution in [2.24, 2.45) is 0 Å². The SMILES string of the molecule is CCn1c(SCC(=O)O)nc2c(Cl)cc(Cl)cc2c1=O. The van der Waals surface area contributed by atoms with Gasteiger partial charge in [-0.3, -0.25) is 14.2 Å². The predicted molar refractivity (Wildman–Crippen MR) is 80.1 cm³/mol. The van der Waals surface area contributed by atoms with Crippen molar-refractivity contribution in [3.05, 3.63) is 32.5 Å². The van der Waals surface area contributed by atoms with E-state index in [1.165, 1.54) is 16.7 Å². The Labute approximate surface area is 128 Å². The average Bonchev–Trinajstić information content (AvgIpc) is 2.37. The van der Waals surface area contributed by atoms with Crippen LogP contribution in [0.2, 0.25) is 10.0 Å².